The Kier molecular flexibility index (Phi) is 4.31. The lowest BCUT2D eigenvalue weighted by Crippen LogP contribution is -2.61. The van der Waals surface area contributed by atoms with Gasteiger partial charge in [0.05, 0.1) is 12.2 Å². The molecule has 2 rings (SSSR count). The number of nitrogens with one attached hydrogen (secondary N) is 1. The Morgan fingerprint density at radius 1 is 1.47 bits per heavy atom. The van der Waals surface area contributed by atoms with Gasteiger partial charge < -0.3 is 14.8 Å². The van der Waals surface area contributed by atoms with Crippen molar-refractivity contribution in [2.75, 3.05) is 25.2 Å². The molecule has 0 aromatic carbocycles. The zero-order chi connectivity index (χ0) is 10.7. The van der Waals surface area contributed by atoms with Crippen LogP contribution in [0.4, 0.5) is 0 Å². The molecule has 2 aliphatic rings. The standard InChI is InChI=1S/C11H21NO2S/c1-3-14-10-6-9(11(10)13-2)12-8-4-5-15-7-8/h8-12H,3-7H2,1-2H3. The quantitative estimate of drug-likeness (QED) is 0.772. The summed E-state index contributed by atoms with van der Waals surface area (Å²) in [5.74, 6) is 2.56. The third-order valence-electron chi connectivity index (χ3n) is 3.28. The van der Waals surface area contributed by atoms with E-state index in [1.165, 1.54) is 17.9 Å². The first-order valence-electron chi connectivity index (χ1n) is 5.83. The molecule has 15 heavy (non-hydrogen) atoms. The maximum absolute atomic E-state index is 5.61. The second-order valence-electron chi connectivity index (χ2n) is 4.26. The molecule has 4 atom stereocenters. The maximum atomic E-state index is 5.61. The van der Waals surface area contributed by atoms with Crippen molar-refractivity contribution < 1.29 is 9.47 Å². The van der Waals surface area contributed by atoms with Gasteiger partial charge in [-0.05, 0) is 25.5 Å². The molecule has 1 saturated heterocycles. The van der Waals surface area contributed by atoms with Crippen LogP contribution in [-0.4, -0.2) is 49.5 Å². The summed E-state index contributed by atoms with van der Waals surface area (Å²) in [4.78, 5) is 0. The van der Waals surface area contributed by atoms with Gasteiger partial charge >= 0.3 is 0 Å². The van der Waals surface area contributed by atoms with Gasteiger partial charge in [0.15, 0.2) is 0 Å². The van der Waals surface area contributed by atoms with Crippen LogP contribution in [0.2, 0.25) is 0 Å². The summed E-state index contributed by atoms with van der Waals surface area (Å²) in [6.45, 7) is 2.83. The van der Waals surface area contributed by atoms with Crippen molar-refractivity contribution in [3.05, 3.63) is 0 Å². The first-order valence-corrected chi connectivity index (χ1v) is 6.98. The van der Waals surface area contributed by atoms with Crippen molar-refractivity contribution in [1.82, 2.24) is 5.32 Å². The van der Waals surface area contributed by atoms with E-state index in [2.05, 4.69) is 5.32 Å². The van der Waals surface area contributed by atoms with Crippen molar-refractivity contribution in [1.29, 1.82) is 0 Å². The average molecular weight is 231 g/mol. The van der Waals surface area contributed by atoms with E-state index >= 15 is 0 Å². The number of hydrogen-bond acceptors (Lipinski definition) is 4. The SMILES string of the molecule is CCOC1CC(NC2CCSC2)C1OC. The van der Waals surface area contributed by atoms with Crippen molar-refractivity contribution in [2.24, 2.45) is 0 Å². The molecule has 1 aliphatic carbocycles. The molecular formula is C11H21NO2S. The molecule has 88 valence electrons. The van der Waals surface area contributed by atoms with Crippen molar-refractivity contribution >= 4 is 11.8 Å². The molecule has 4 heteroatoms. The van der Waals surface area contributed by atoms with E-state index in [0.717, 1.165) is 13.0 Å². The number of methoxy groups -OCH3 is 1. The van der Waals surface area contributed by atoms with E-state index in [1.54, 1.807) is 7.11 Å². The smallest absolute Gasteiger partial charge is 0.0986 e. The predicted octanol–water partition coefficient (Wildman–Crippen LogP) is 1.27. The lowest BCUT2D eigenvalue weighted by Gasteiger charge is -2.44. The molecule has 0 amide bonds. The zero-order valence-electron chi connectivity index (χ0n) is 9.57. The van der Waals surface area contributed by atoms with Gasteiger partial charge in [-0.25, -0.2) is 0 Å². The lowest BCUT2D eigenvalue weighted by molar-refractivity contribution is -0.132. The molecule has 0 aromatic rings. The summed E-state index contributed by atoms with van der Waals surface area (Å²) in [7, 11) is 1.79. The average Bonchev–Trinajstić information content (AvgIpc) is 2.69. The maximum Gasteiger partial charge on any atom is 0.0986 e. The second-order valence-corrected chi connectivity index (χ2v) is 5.41. The van der Waals surface area contributed by atoms with Crippen molar-refractivity contribution in [2.45, 2.75) is 44.1 Å². The van der Waals surface area contributed by atoms with Crippen LogP contribution in [-0.2, 0) is 9.47 Å². The Hall–Kier alpha value is 0.230. The van der Waals surface area contributed by atoms with Crippen LogP contribution >= 0.6 is 11.8 Å². The molecule has 3 nitrogen and oxygen atoms in total. The summed E-state index contributed by atoms with van der Waals surface area (Å²) >= 11 is 2.04. The molecule has 0 radical (unpaired) electrons. The van der Waals surface area contributed by atoms with Gasteiger partial charge in [-0.1, -0.05) is 0 Å². The van der Waals surface area contributed by atoms with E-state index in [9.17, 15) is 0 Å². The molecule has 1 saturated carbocycles. The highest BCUT2D eigenvalue weighted by atomic mass is 32.2. The Morgan fingerprint density at radius 3 is 2.93 bits per heavy atom. The third-order valence-corrected chi connectivity index (χ3v) is 4.44. The summed E-state index contributed by atoms with van der Waals surface area (Å²) < 4.78 is 11.1. The van der Waals surface area contributed by atoms with Crippen LogP contribution < -0.4 is 5.32 Å². The van der Waals surface area contributed by atoms with Gasteiger partial charge in [0.25, 0.3) is 0 Å². The van der Waals surface area contributed by atoms with Crippen LogP contribution in [0.15, 0.2) is 0 Å². The Morgan fingerprint density at radius 2 is 2.33 bits per heavy atom. The van der Waals surface area contributed by atoms with Crippen molar-refractivity contribution in [3.63, 3.8) is 0 Å². The fraction of sp³-hybridized carbons (Fsp3) is 1.00. The highest BCUT2D eigenvalue weighted by Crippen LogP contribution is 2.29. The fourth-order valence-electron chi connectivity index (χ4n) is 2.41. The topological polar surface area (TPSA) is 30.5 Å². The van der Waals surface area contributed by atoms with Gasteiger partial charge in [-0.15, -0.1) is 0 Å². The number of thioether (sulfide) groups is 1. The fourth-order valence-corrected chi connectivity index (χ4v) is 3.57. The summed E-state index contributed by atoms with van der Waals surface area (Å²) in [5.41, 5.74) is 0. The van der Waals surface area contributed by atoms with Crippen LogP contribution in [0.25, 0.3) is 0 Å². The first-order chi connectivity index (χ1) is 7.35. The molecular weight excluding hydrogens is 210 g/mol. The Bertz CT molecular complexity index is 197. The first kappa shape index (κ1) is 11.7. The Balaban J connectivity index is 1.74. The van der Waals surface area contributed by atoms with E-state index in [0.29, 0.717) is 18.2 Å². The van der Waals surface area contributed by atoms with Gasteiger partial charge in [0.2, 0.25) is 0 Å². The second kappa shape index (κ2) is 5.53. The number of ether oxygens (including phenoxy) is 2. The van der Waals surface area contributed by atoms with E-state index < -0.39 is 0 Å². The van der Waals surface area contributed by atoms with E-state index in [1.807, 2.05) is 18.7 Å². The highest BCUT2D eigenvalue weighted by molar-refractivity contribution is 7.99. The van der Waals surface area contributed by atoms with Crippen LogP contribution in [0.1, 0.15) is 19.8 Å². The van der Waals surface area contributed by atoms with Gasteiger partial charge in [-0.2, -0.15) is 11.8 Å². The van der Waals surface area contributed by atoms with Crippen LogP contribution in [0.3, 0.4) is 0 Å². The number of rotatable bonds is 5. The van der Waals surface area contributed by atoms with Crippen LogP contribution in [0, 0.1) is 0 Å². The minimum atomic E-state index is 0.260. The summed E-state index contributed by atoms with van der Waals surface area (Å²) in [6, 6.07) is 1.20. The molecule has 0 spiro atoms. The minimum Gasteiger partial charge on any atom is -0.377 e. The molecule has 0 aromatic heterocycles. The summed E-state index contributed by atoms with van der Waals surface area (Å²) in [5, 5.41) is 3.68. The molecule has 2 fully saturated rings. The molecule has 1 aliphatic heterocycles. The normalized spacial score (nSPS) is 40.4. The Labute approximate surface area is 96.3 Å². The third kappa shape index (κ3) is 2.67. The molecule has 1 heterocycles. The highest BCUT2D eigenvalue weighted by Gasteiger charge is 2.42. The number of hydrogen-bond donors (Lipinski definition) is 1. The lowest BCUT2D eigenvalue weighted by atomic mass is 9.84. The van der Waals surface area contributed by atoms with E-state index in [-0.39, 0.29) is 6.10 Å². The molecule has 1 N–H and O–H groups in total. The van der Waals surface area contributed by atoms with E-state index in [4.69, 9.17) is 9.47 Å². The summed E-state index contributed by atoms with van der Waals surface area (Å²) in [6.07, 6.45) is 2.98. The van der Waals surface area contributed by atoms with Crippen LogP contribution in [0.5, 0.6) is 0 Å². The molecule has 0 bridgehead atoms. The molecule has 4 unspecified atom stereocenters. The largest absolute Gasteiger partial charge is 0.377 e. The van der Waals surface area contributed by atoms with Crippen molar-refractivity contribution in [3.8, 4) is 0 Å². The zero-order valence-corrected chi connectivity index (χ0v) is 10.4. The minimum absolute atomic E-state index is 0.260. The van der Waals surface area contributed by atoms with Gasteiger partial charge in [0.1, 0.15) is 0 Å². The predicted molar refractivity (Wildman–Crippen MR) is 63.5 cm³/mol. The van der Waals surface area contributed by atoms with Gasteiger partial charge in [0, 0.05) is 31.6 Å². The van der Waals surface area contributed by atoms with Gasteiger partial charge in [-0.3, -0.25) is 0 Å². The monoisotopic (exact) mass is 231 g/mol.